The van der Waals surface area contributed by atoms with Gasteiger partial charge in [0.15, 0.2) is 5.82 Å². The minimum absolute atomic E-state index is 0.0257. The van der Waals surface area contributed by atoms with Crippen LogP contribution in [0.1, 0.15) is 61.3 Å². The van der Waals surface area contributed by atoms with Crippen molar-refractivity contribution >= 4 is 22.6 Å². The van der Waals surface area contributed by atoms with Gasteiger partial charge in [0.1, 0.15) is 17.1 Å². The number of carbonyl (C=O) groups is 1. The summed E-state index contributed by atoms with van der Waals surface area (Å²) in [5, 5.41) is 19.1. The molecule has 1 atom stereocenters. The SMILES string of the molecule is O=C(O)c1cn(C2CC2)c2c(F)c(N3CC(CO)C4(CCCCC4)C3)c(F)cc2c1=O. The zero-order valence-electron chi connectivity index (χ0n) is 17.2. The molecule has 0 bridgehead atoms. The van der Waals surface area contributed by atoms with Crippen LogP contribution in [0.4, 0.5) is 14.5 Å². The molecule has 2 aromatic rings. The fourth-order valence-electron chi connectivity index (χ4n) is 5.79. The number of aliphatic hydroxyl groups excluding tert-OH is 1. The molecule has 1 unspecified atom stereocenters. The molecule has 2 saturated carbocycles. The summed E-state index contributed by atoms with van der Waals surface area (Å²) < 4.78 is 32.6. The first-order valence-electron chi connectivity index (χ1n) is 11.0. The van der Waals surface area contributed by atoms with Crippen LogP contribution in [0, 0.1) is 23.0 Å². The van der Waals surface area contributed by atoms with Gasteiger partial charge in [0.2, 0.25) is 5.43 Å². The van der Waals surface area contributed by atoms with Crippen LogP contribution in [0.15, 0.2) is 17.1 Å². The van der Waals surface area contributed by atoms with E-state index in [0.717, 1.165) is 51.0 Å². The Balaban J connectivity index is 1.67. The molecule has 1 aliphatic heterocycles. The number of benzene rings is 1. The van der Waals surface area contributed by atoms with Crippen molar-refractivity contribution < 1.29 is 23.8 Å². The molecule has 8 heteroatoms. The highest BCUT2D eigenvalue weighted by molar-refractivity contribution is 5.94. The van der Waals surface area contributed by atoms with Crippen LogP contribution in [-0.4, -0.2) is 40.4 Å². The Bertz CT molecular complexity index is 1120. The van der Waals surface area contributed by atoms with Gasteiger partial charge in [-0.1, -0.05) is 19.3 Å². The van der Waals surface area contributed by atoms with E-state index in [9.17, 15) is 19.8 Å². The predicted molar refractivity (Wildman–Crippen MR) is 112 cm³/mol. The van der Waals surface area contributed by atoms with Gasteiger partial charge in [-0.15, -0.1) is 0 Å². The van der Waals surface area contributed by atoms with Crippen molar-refractivity contribution in [1.29, 1.82) is 0 Å². The maximum atomic E-state index is 15.9. The molecule has 0 radical (unpaired) electrons. The van der Waals surface area contributed by atoms with Crippen LogP contribution >= 0.6 is 0 Å². The van der Waals surface area contributed by atoms with Crippen LogP contribution < -0.4 is 10.3 Å². The normalized spacial score (nSPS) is 23.1. The van der Waals surface area contributed by atoms with Gasteiger partial charge in [0.05, 0.1) is 10.9 Å². The number of pyridine rings is 1. The van der Waals surface area contributed by atoms with Crippen LogP contribution in [-0.2, 0) is 0 Å². The van der Waals surface area contributed by atoms with Gasteiger partial charge in [-0.3, -0.25) is 4.79 Å². The van der Waals surface area contributed by atoms with E-state index in [1.165, 1.54) is 10.8 Å². The predicted octanol–water partition coefficient (Wildman–Crippen LogP) is 3.69. The molecule has 3 fully saturated rings. The number of fused-ring (bicyclic) bond motifs is 1. The topological polar surface area (TPSA) is 82.8 Å². The summed E-state index contributed by atoms with van der Waals surface area (Å²) in [5.41, 5.74) is -1.70. The summed E-state index contributed by atoms with van der Waals surface area (Å²) in [6.07, 6.45) is 7.79. The second kappa shape index (κ2) is 7.29. The Kier molecular flexibility index (Phi) is 4.80. The number of rotatable bonds is 4. The van der Waals surface area contributed by atoms with E-state index < -0.39 is 28.6 Å². The van der Waals surface area contributed by atoms with Crippen molar-refractivity contribution in [2.45, 2.75) is 51.0 Å². The van der Waals surface area contributed by atoms with E-state index in [2.05, 4.69) is 0 Å². The van der Waals surface area contributed by atoms with Crippen LogP contribution in [0.5, 0.6) is 0 Å². The number of carboxylic acid groups (broad SMARTS) is 1. The van der Waals surface area contributed by atoms with Crippen molar-refractivity contribution in [3.63, 3.8) is 0 Å². The van der Waals surface area contributed by atoms with Crippen LogP contribution in [0.25, 0.3) is 10.9 Å². The van der Waals surface area contributed by atoms with Gasteiger partial charge in [0, 0.05) is 37.9 Å². The number of anilines is 1. The lowest BCUT2D eigenvalue weighted by Gasteiger charge is -2.37. The quantitative estimate of drug-likeness (QED) is 0.770. The van der Waals surface area contributed by atoms with Crippen molar-refractivity contribution in [2.75, 3.05) is 24.6 Å². The first-order valence-corrected chi connectivity index (χ1v) is 11.0. The number of hydrogen-bond donors (Lipinski definition) is 2. The Hall–Kier alpha value is -2.48. The maximum absolute atomic E-state index is 15.9. The lowest BCUT2D eigenvalue weighted by Crippen LogP contribution is -2.34. The van der Waals surface area contributed by atoms with Crippen molar-refractivity contribution in [1.82, 2.24) is 4.57 Å². The monoisotopic (exact) mass is 432 g/mol. The van der Waals surface area contributed by atoms with Gasteiger partial charge < -0.3 is 19.7 Å². The van der Waals surface area contributed by atoms with Crippen LogP contribution in [0.3, 0.4) is 0 Å². The molecule has 1 aromatic carbocycles. The first-order chi connectivity index (χ1) is 14.9. The maximum Gasteiger partial charge on any atom is 0.341 e. The summed E-state index contributed by atoms with van der Waals surface area (Å²) >= 11 is 0. The minimum Gasteiger partial charge on any atom is -0.477 e. The number of aromatic nitrogens is 1. The summed E-state index contributed by atoms with van der Waals surface area (Å²) in [7, 11) is 0. The molecule has 5 rings (SSSR count). The highest BCUT2D eigenvalue weighted by atomic mass is 19.1. The van der Waals surface area contributed by atoms with E-state index in [4.69, 9.17) is 0 Å². The fourth-order valence-corrected chi connectivity index (χ4v) is 5.79. The molecule has 2 heterocycles. The van der Waals surface area contributed by atoms with Gasteiger partial charge in [0.25, 0.3) is 0 Å². The Morgan fingerprint density at radius 3 is 2.52 bits per heavy atom. The Morgan fingerprint density at radius 1 is 1.19 bits per heavy atom. The fraction of sp³-hybridized carbons (Fsp3) is 0.565. The molecule has 166 valence electrons. The standard InChI is InChI=1S/C23H26F2N2O4/c24-17-8-15-19(27(14-4-5-14)10-16(21(15)29)22(30)31)18(25)20(17)26-9-13(11-28)23(12-26)6-2-1-3-7-23/h8,10,13-14,28H,1-7,9,11-12H2,(H,30,31). The molecular weight excluding hydrogens is 406 g/mol. The minimum atomic E-state index is -1.41. The highest BCUT2D eigenvalue weighted by Gasteiger charge is 2.47. The molecule has 1 aromatic heterocycles. The number of carboxylic acids is 1. The lowest BCUT2D eigenvalue weighted by atomic mass is 9.68. The van der Waals surface area contributed by atoms with E-state index in [0.29, 0.717) is 13.1 Å². The van der Waals surface area contributed by atoms with Crippen LogP contribution in [0.2, 0.25) is 0 Å². The number of halogens is 2. The second-order valence-corrected chi connectivity index (χ2v) is 9.42. The van der Waals surface area contributed by atoms with E-state index in [1.54, 1.807) is 4.90 Å². The first kappa shape index (κ1) is 20.4. The molecule has 1 saturated heterocycles. The molecule has 0 amide bonds. The van der Waals surface area contributed by atoms with Crippen molar-refractivity contribution in [3.05, 3.63) is 39.7 Å². The van der Waals surface area contributed by atoms with Gasteiger partial charge in [-0.2, -0.15) is 0 Å². The summed E-state index contributed by atoms with van der Waals surface area (Å²) in [4.78, 5) is 25.9. The smallest absolute Gasteiger partial charge is 0.341 e. The molecular formula is C23H26F2N2O4. The van der Waals surface area contributed by atoms with Gasteiger partial charge in [-0.05, 0) is 37.2 Å². The van der Waals surface area contributed by atoms with E-state index in [1.807, 2.05) is 0 Å². The number of hydrogen-bond acceptors (Lipinski definition) is 4. The zero-order valence-corrected chi connectivity index (χ0v) is 17.2. The lowest BCUT2D eigenvalue weighted by molar-refractivity contribution is 0.0694. The largest absolute Gasteiger partial charge is 0.477 e. The van der Waals surface area contributed by atoms with E-state index >= 15 is 8.78 Å². The number of nitrogens with zero attached hydrogens (tertiary/aromatic N) is 2. The molecule has 2 aliphatic carbocycles. The summed E-state index contributed by atoms with van der Waals surface area (Å²) in [5.74, 6) is -3.14. The summed E-state index contributed by atoms with van der Waals surface area (Å²) in [6.45, 7) is 0.803. The molecule has 6 nitrogen and oxygen atoms in total. The molecule has 3 aliphatic rings. The van der Waals surface area contributed by atoms with Gasteiger partial charge in [-0.25, -0.2) is 13.6 Å². The third kappa shape index (κ3) is 3.14. The average Bonchev–Trinajstić information content (AvgIpc) is 3.52. The Labute approximate surface area is 178 Å². The third-order valence-corrected chi connectivity index (χ3v) is 7.55. The van der Waals surface area contributed by atoms with E-state index in [-0.39, 0.29) is 40.6 Å². The third-order valence-electron chi connectivity index (χ3n) is 7.55. The molecule has 2 N–H and O–H groups in total. The van der Waals surface area contributed by atoms with Crippen molar-refractivity contribution in [2.24, 2.45) is 11.3 Å². The Morgan fingerprint density at radius 2 is 1.90 bits per heavy atom. The molecule has 1 spiro atoms. The highest BCUT2D eigenvalue weighted by Crippen LogP contribution is 2.49. The zero-order chi connectivity index (χ0) is 21.9. The number of aromatic carboxylic acids is 1. The summed E-state index contributed by atoms with van der Waals surface area (Å²) in [6, 6.07) is 0.892. The number of aliphatic hydroxyl groups is 1. The second-order valence-electron chi connectivity index (χ2n) is 9.42. The molecule has 31 heavy (non-hydrogen) atoms. The average molecular weight is 432 g/mol. The van der Waals surface area contributed by atoms with Gasteiger partial charge >= 0.3 is 5.97 Å². The van der Waals surface area contributed by atoms with Crippen molar-refractivity contribution in [3.8, 4) is 0 Å².